The molecule has 0 aromatic heterocycles. The second kappa shape index (κ2) is 8.09. The van der Waals surface area contributed by atoms with E-state index in [0.29, 0.717) is 24.4 Å². The fourth-order valence-electron chi connectivity index (χ4n) is 2.78. The van der Waals surface area contributed by atoms with Gasteiger partial charge < -0.3 is 10.2 Å². The Balaban J connectivity index is 2.01. The largest absolute Gasteiger partial charge is 0.355 e. The Kier molecular flexibility index (Phi) is 6.37. The number of hydrogen-bond acceptors (Lipinski definition) is 4. The number of carbonyl (C=O) groups is 1. The summed E-state index contributed by atoms with van der Waals surface area (Å²) in [7, 11) is 0.360. The Hall–Kier alpha value is -1.44. The molecule has 1 aliphatic rings. The van der Waals surface area contributed by atoms with Crippen LogP contribution in [0.4, 0.5) is 0 Å². The van der Waals surface area contributed by atoms with Crippen molar-refractivity contribution >= 4 is 15.9 Å². The maximum absolute atomic E-state index is 12.8. The summed E-state index contributed by atoms with van der Waals surface area (Å²) in [6.45, 7) is 3.99. The number of hydrogen-bond donors (Lipinski definition) is 1. The fraction of sp³-hybridized carbons (Fsp3) is 0.588. The minimum absolute atomic E-state index is 0.0549. The number of amides is 1. The molecule has 2 rings (SSSR count). The molecule has 1 aromatic rings. The monoisotopic (exact) mass is 353 g/mol. The number of aryl methyl sites for hydroxylation is 1. The van der Waals surface area contributed by atoms with Gasteiger partial charge in [0.15, 0.2) is 0 Å². The number of carbonyl (C=O) groups excluding carboxylic acids is 1. The zero-order valence-electron chi connectivity index (χ0n) is 14.7. The molecule has 0 bridgehead atoms. The van der Waals surface area contributed by atoms with Crippen LogP contribution in [0.2, 0.25) is 0 Å². The van der Waals surface area contributed by atoms with Crippen molar-refractivity contribution in [3.8, 4) is 0 Å². The third-order valence-electron chi connectivity index (χ3n) is 4.27. The zero-order valence-corrected chi connectivity index (χ0v) is 15.5. The first-order valence-electron chi connectivity index (χ1n) is 8.30. The molecule has 1 fully saturated rings. The molecule has 0 radical (unpaired) electrons. The lowest BCUT2D eigenvalue weighted by atomic mass is 9.99. The van der Waals surface area contributed by atoms with E-state index in [0.717, 1.165) is 18.5 Å². The first kappa shape index (κ1) is 18.9. The maximum atomic E-state index is 12.8. The van der Waals surface area contributed by atoms with Crippen molar-refractivity contribution < 1.29 is 13.2 Å². The third-order valence-corrected chi connectivity index (χ3v) is 6.15. The summed E-state index contributed by atoms with van der Waals surface area (Å²) in [5, 5.41) is 2.90. The quantitative estimate of drug-likeness (QED) is 0.831. The molecule has 6 nitrogen and oxygen atoms in total. The summed E-state index contributed by atoms with van der Waals surface area (Å²) in [6, 6.07) is 6.85. The highest BCUT2D eigenvalue weighted by atomic mass is 32.2. The number of likely N-dealkylation sites (N-methyl/N-ethyl adjacent to an activating group) is 1. The predicted octanol–water partition coefficient (Wildman–Crippen LogP) is 1.07. The molecule has 134 valence electrons. The topological polar surface area (TPSA) is 69.7 Å². The van der Waals surface area contributed by atoms with E-state index in [-0.39, 0.29) is 18.4 Å². The van der Waals surface area contributed by atoms with Crippen LogP contribution in [0.15, 0.2) is 29.2 Å². The Labute approximate surface area is 144 Å². The summed E-state index contributed by atoms with van der Waals surface area (Å²) in [4.78, 5) is 14.6. The minimum Gasteiger partial charge on any atom is -0.355 e. The Bertz CT molecular complexity index is 656. The molecule has 1 aromatic carbocycles. The minimum atomic E-state index is -3.53. The normalized spacial score (nSPS) is 19.4. The van der Waals surface area contributed by atoms with Gasteiger partial charge in [-0.05, 0) is 46.0 Å². The highest BCUT2D eigenvalue weighted by molar-refractivity contribution is 7.89. The lowest BCUT2D eigenvalue weighted by Gasteiger charge is -2.31. The van der Waals surface area contributed by atoms with Crippen LogP contribution in [0.3, 0.4) is 0 Å². The molecule has 0 aliphatic carbocycles. The number of sulfonamides is 1. The van der Waals surface area contributed by atoms with Crippen LogP contribution in [0.25, 0.3) is 0 Å². The van der Waals surface area contributed by atoms with E-state index in [1.807, 2.05) is 25.9 Å². The third kappa shape index (κ3) is 4.78. The van der Waals surface area contributed by atoms with Crippen LogP contribution in [-0.4, -0.2) is 63.8 Å². The van der Waals surface area contributed by atoms with Crippen LogP contribution in [0.5, 0.6) is 0 Å². The molecule has 7 heteroatoms. The van der Waals surface area contributed by atoms with Crippen molar-refractivity contribution in [3.63, 3.8) is 0 Å². The van der Waals surface area contributed by atoms with E-state index < -0.39 is 10.0 Å². The number of piperidine rings is 1. The molecule has 0 spiro atoms. The van der Waals surface area contributed by atoms with Crippen molar-refractivity contribution in [2.45, 2.75) is 24.7 Å². The van der Waals surface area contributed by atoms with Gasteiger partial charge >= 0.3 is 0 Å². The van der Waals surface area contributed by atoms with E-state index in [1.165, 1.54) is 4.31 Å². The molecular weight excluding hydrogens is 326 g/mol. The Morgan fingerprint density at radius 3 is 2.58 bits per heavy atom. The standard InChI is InChI=1S/C17H27N3O3S/c1-14-6-8-16(9-7-14)24(22,23)20-11-4-5-15(13-20)17(21)18-10-12-19(2)3/h6-9,15H,4-5,10-13H2,1-3H3,(H,18,21)/t15-/m1/s1. The lowest BCUT2D eigenvalue weighted by molar-refractivity contribution is -0.126. The molecule has 0 saturated carbocycles. The van der Waals surface area contributed by atoms with Crippen molar-refractivity contribution in [3.05, 3.63) is 29.8 Å². The van der Waals surface area contributed by atoms with Crippen LogP contribution in [0.1, 0.15) is 18.4 Å². The van der Waals surface area contributed by atoms with Crippen LogP contribution < -0.4 is 5.32 Å². The molecule has 1 amide bonds. The number of benzene rings is 1. The molecule has 1 heterocycles. The van der Waals surface area contributed by atoms with E-state index in [2.05, 4.69) is 5.32 Å². The average Bonchev–Trinajstić information content (AvgIpc) is 2.55. The number of nitrogens with zero attached hydrogens (tertiary/aromatic N) is 2. The van der Waals surface area contributed by atoms with Gasteiger partial charge in [-0.3, -0.25) is 4.79 Å². The van der Waals surface area contributed by atoms with Gasteiger partial charge in [0.05, 0.1) is 10.8 Å². The summed E-state index contributed by atoms with van der Waals surface area (Å²) in [5.41, 5.74) is 1.02. The second-order valence-corrected chi connectivity index (χ2v) is 8.55. The smallest absolute Gasteiger partial charge is 0.243 e. The van der Waals surface area contributed by atoms with Crippen molar-refractivity contribution in [1.82, 2.24) is 14.5 Å². The van der Waals surface area contributed by atoms with E-state index >= 15 is 0 Å². The summed E-state index contributed by atoms with van der Waals surface area (Å²) in [6.07, 6.45) is 1.44. The van der Waals surface area contributed by atoms with E-state index in [1.54, 1.807) is 24.3 Å². The van der Waals surface area contributed by atoms with Gasteiger partial charge in [0.25, 0.3) is 0 Å². The summed E-state index contributed by atoms with van der Waals surface area (Å²) >= 11 is 0. The van der Waals surface area contributed by atoms with Crippen molar-refractivity contribution in [2.75, 3.05) is 40.3 Å². The van der Waals surface area contributed by atoms with E-state index in [4.69, 9.17) is 0 Å². The molecule has 24 heavy (non-hydrogen) atoms. The van der Waals surface area contributed by atoms with Crippen LogP contribution >= 0.6 is 0 Å². The highest BCUT2D eigenvalue weighted by Crippen LogP contribution is 2.24. The lowest BCUT2D eigenvalue weighted by Crippen LogP contribution is -2.46. The first-order valence-corrected chi connectivity index (χ1v) is 9.74. The fourth-order valence-corrected chi connectivity index (χ4v) is 4.30. The van der Waals surface area contributed by atoms with Gasteiger partial charge in [-0.1, -0.05) is 17.7 Å². The predicted molar refractivity (Wildman–Crippen MR) is 94.2 cm³/mol. The molecule has 1 aliphatic heterocycles. The van der Waals surface area contributed by atoms with Crippen molar-refractivity contribution in [2.24, 2.45) is 5.92 Å². The van der Waals surface area contributed by atoms with Gasteiger partial charge in [0.1, 0.15) is 0 Å². The highest BCUT2D eigenvalue weighted by Gasteiger charge is 2.33. The van der Waals surface area contributed by atoms with Crippen LogP contribution in [0, 0.1) is 12.8 Å². The molecular formula is C17H27N3O3S. The van der Waals surface area contributed by atoms with Gasteiger partial charge in [-0.2, -0.15) is 4.31 Å². The van der Waals surface area contributed by atoms with Gasteiger partial charge in [-0.25, -0.2) is 8.42 Å². The average molecular weight is 353 g/mol. The van der Waals surface area contributed by atoms with Gasteiger partial charge in [0.2, 0.25) is 15.9 Å². The Morgan fingerprint density at radius 2 is 1.96 bits per heavy atom. The molecule has 0 unspecified atom stereocenters. The number of rotatable bonds is 6. The van der Waals surface area contributed by atoms with Gasteiger partial charge in [0, 0.05) is 26.2 Å². The first-order chi connectivity index (χ1) is 11.3. The van der Waals surface area contributed by atoms with Gasteiger partial charge in [-0.15, -0.1) is 0 Å². The second-order valence-electron chi connectivity index (χ2n) is 6.61. The summed E-state index contributed by atoms with van der Waals surface area (Å²) < 4.78 is 27.0. The number of nitrogens with one attached hydrogen (secondary N) is 1. The summed E-state index contributed by atoms with van der Waals surface area (Å²) in [5.74, 6) is -0.332. The van der Waals surface area contributed by atoms with Crippen LogP contribution in [-0.2, 0) is 14.8 Å². The maximum Gasteiger partial charge on any atom is 0.243 e. The zero-order chi connectivity index (χ0) is 17.7. The molecule has 1 saturated heterocycles. The molecule has 1 atom stereocenters. The van der Waals surface area contributed by atoms with Crippen molar-refractivity contribution in [1.29, 1.82) is 0 Å². The van der Waals surface area contributed by atoms with E-state index in [9.17, 15) is 13.2 Å². The Morgan fingerprint density at radius 1 is 1.29 bits per heavy atom. The SMILES string of the molecule is Cc1ccc(S(=O)(=O)N2CCC[C@@H](C(=O)NCCN(C)C)C2)cc1. The molecule has 1 N–H and O–H groups in total.